The minimum Gasteiger partial charge on any atom is -0.398 e. The fourth-order valence-electron chi connectivity index (χ4n) is 2.48. The Morgan fingerprint density at radius 2 is 1.77 bits per heavy atom. The first kappa shape index (κ1) is 14.1. The first-order chi connectivity index (χ1) is 10.4. The maximum atomic E-state index is 12.7. The number of H-pyrrole nitrogens is 1. The molecule has 0 aliphatic carbocycles. The highest BCUT2D eigenvalue weighted by atomic mass is 16.2. The number of anilines is 1. The molecule has 0 saturated carbocycles. The summed E-state index contributed by atoms with van der Waals surface area (Å²) in [6, 6.07) is 8.84. The van der Waals surface area contributed by atoms with E-state index in [0.717, 1.165) is 21.3 Å². The van der Waals surface area contributed by atoms with Crippen LogP contribution >= 0.6 is 0 Å². The molecule has 3 aromatic rings. The van der Waals surface area contributed by atoms with Gasteiger partial charge in [-0.25, -0.2) is 9.36 Å². The average molecular weight is 295 g/mol. The Kier molecular flexibility index (Phi) is 3.13. The number of rotatable bonds is 1. The average Bonchev–Trinajstić information content (AvgIpc) is 2.77. The van der Waals surface area contributed by atoms with E-state index in [9.17, 15) is 9.59 Å². The summed E-state index contributed by atoms with van der Waals surface area (Å²) in [5, 5.41) is 0. The summed E-state index contributed by atoms with van der Waals surface area (Å²) in [6.45, 7) is 5.76. The number of carbonyl (C=O) groups is 1. The third kappa shape index (κ3) is 2.11. The number of nitrogens with one attached hydrogen (secondary N) is 1. The molecule has 0 bridgehead atoms. The number of benzene rings is 2. The number of aryl methyl sites for hydroxylation is 3. The van der Waals surface area contributed by atoms with Crippen LogP contribution in [-0.2, 0) is 0 Å². The topological polar surface area (TPSA) is 80.9 Å². The van der Waals surface area contributed by atoms with Gasteiger partial charge in [0.2, 0.25) is 0 Å². The van der Waals surface area contributed by atoms with Crippen LogP contribution in [0.15, 0.2) is 35.1 Å². The lowest BCUT2D eigenvalue weighted by Gasteiger charge is -2.06. The fraction of sp³-hybridized carbons (Fsp3) is 0.176. The van der Waals surface area contributed by atoms with Gasteiger partial charge in [0.15, 0.2) is 0 Å². The monoisotopic (exact) mass is 295 g/mol. The van der Waals surface area contributed by atoms with Gasteiger partial charge in [-0.15, -0.1) is 0 Å². The summed E-state index contributed by atoms with van der Waals surface area (Å²) in [6.07, 6.45) is 0. The van der Waals surface area contributed by atoms with Crippen molar-refractivity contribution in [2.45, 2.75) is 20.8 Å². The van der Waals surface area contributed by atoms with Crippen LogP contribution in [0.25, 0.3) is 11.0 Å². The Bertz CT molecular complexity index is 964. The summed E-state index contributed by atoms with van der Waals surface area (Å²) < 4.78 is 1.16. The lowest BCUT2D eigenvalue weighted by Crippen LogP contribution is -2.24. The van der Waals surface area contributed by atoms with Gasteiger partial charge >= 0.3 is 5.69 Å². The molecule has 3 N–H and O–H groups in total. The number of hydrogen-bond donors (Lipinski definition) is 2. The predicted octanol–water partition coefficient (Wildman–Crippen LogP) is 2.53. The van der Waals surface area contributed by atoms with Crippen molar-refractivity contribution in [1.82, 2.24) is 9.55 Å². The number of aromatic amines is 1. The minimum atomic E-state index is -0.455. The second kappa shape index (κ2) is 4.87. The van der Waals surface area contributed by atoms with Crippen molar-refractivity contribution < 1.29 is 4.79 Å². The molecule has 0 aliphatic rings. The van der Waals surface area contributed by atoms with Gasteiger partial charge < -0.3 is 10.7 Å². The molecule has 0 aliphatic heterocycles. The van der Waals surface area contributed by atoms with Gasteiger partial charge in [-0.2, -0.15) is 0 Å². The summed E-state index contributed by atoms with van der Waals surface area (Å²) in [5.74, 6) is -0.344. The molecular weight excluding hydrogens is 278 g/mol. The van der Waals surface area contributed by atoms with Crippen molar-refractivity contribution in [3.8, 4) is 0 Å². The second-order valence-corrected chi connectivity index (χ2v) is 5.60. The van der Waals surface area contributed by atoms with Gasteiger partial charge in [-0.05, 0) is 61.7 Å². The molecule has 0 unspecified atom stereocenters. The lowest BCUT2D eigenvalue weighted by atomic mass is 10.1. The van der Waals surface area contributed by atoms with E-state index in [4.69, 9.17) is 5.73 Å². The SMILES string of the molecule is Cc1ccc(C(=O)n2c(=O)[nH]c3cc(N)c(C)cc32)cc1C. The van der Waals surface area contributed by atoms with E-state index in [2.05, 4.69) is 4.98 Å². The van der Waals surface area contributed by atoms with E-state index in [0.29, 0.717) is 22.3 Å². The third-order valence-corrected chi connectivity index (χ3v) is 4.03. The van der Waals surface area contributed by atoms with Gasteiger partial charge in [0.1, 0.15) is 0 Å². The van der Waals surface area contributed by atoms with Crippen molar-refractivity contribution in [2.75, 3.05) is 5.73 Å². The van der Waals surface area contributed by atoms with Gasteiger partial charge in [0.05, 0.1) is 11.0 Å². The quantitative estimate of drug-likeness (QED) is 0.677. The van der Waals surface area contributed by atoms with Crippen LogP contribution in [0.5, 0.6) is 0 Å². The van der Waals surface area contributed by atoms with Crippen molar-refractivity contribution in [3.05, 3.63) is 63.1 Å². The van der Waals surface area contributed by atoms with E-state index in [1.165, 1.54) is 0 Å². The highest BCUT2D eigenvalue weighted by Gasteiger charge is 2.17. The summed E-state index contributed by atoms with van der Waals surface area (Å²) >= 11 is 0. The Morgan fingerprint density at radius 1 is 1.05 bits per heavy atom. The van der Waals surface area contributed by atoms with Crippen LogP contribution in [0.2, 0.25) is 0 Å². The largest absolute Gasteiger partial charge is 0.398 e. The molecule has 1 heterocycles. The number of hydrogen-bond acceptors (Lipinski definition) is 3. The molecule has 0 spiro atoms. The Balaban J connectivity index is 2.23. The number of imidazole rings is 1. The Morgan fingerprint density at radius 3 is 2.45 bits per heavy atom. The zero-order valence-corrected chi connectivity index (χ0v) is 12.7. The van der Waals surface area contributed by atoms with Crippen LogP contribution in [0.1, 0.15) is 27.0 Å². The van der Waals surface area contributed by atoms with Crippen LogP contribution in [-0.4, -0.2) is 15.5 Å². The molecule has 22 heavy (non-hydrogen) atoms. The molecule has 0 fully saturated rings. The smallest absolute Gasteiger partial charge is 0.333 e. The van der Waals surface area contributed by atoms with E-state index in [-0.39, 0.29) is 5.91 Å². The van der Waals surface area contributed by atoms with Crippen molar-refractivity contribution in [1.29, 1.82) is 0 Å². The zero-order chi connectivity index (χ0) is 16.0. The molecular formula is C17H17N3O2. The molecule has 112 valence electrons. The molecule has 0 amide bonds. The molecule has 0 saturated heterocycles. The van der Waals surface area contributed by atoms with E-state index in [1.807, 2.05) is 26.8 Å². The maximum absolute atomic E-state index is 12.7. The van der Waals surface area contributed by atoms with Crippen molar-refractivity contribution in [3.63, 3.8) is 0 Å². The first-order valence-electron chi connectivity index (χ1n) is 7.01. The zero-order valence-electron chi connectivity index (χ0n) is 12.7. The first-order valence-corrected chi connectivity index (χ1v) is 7.01. The maximum Gasteiger partial charge on any atom is 0.333 e. The number of carbonyl (C=O) groups excluding carboxylic acids is 1. The van der Waals surface area contributed by atoms with Crippen LogP contribution in [0, 0.1) is 20.8 Å². The number of fused-ring (bicyclic) bond motifs is 1. The van der Waals surface area contributed by atoms with Crippen molar-refractivity contribution >= 4 is 22.6 Å². The van der Waals surface area contributed by atoms with E-state index < -0.39 is 5.69 Å². The van der Waals surface area contributed by atoms with E-state index in [1.54, 1.807) is 24.3 Å². The molecule has 5 heteroatoms. The summed E-state index contributed by atoms with van der Waals surface area (Å²) in [5.41, 5.74) is 10.5. The number of nitrogens with two attached hydrogens (primary N) is 1. The standard InChI is InChI=1S/C17H17N3O2/c1-9-4-5-12(6-10(9)2)16(21)20-15-7-11(3)13(18)8-14(15)19-17(20)22/h4-8H,18H2,1-3H3,(H,19,22). The van der Waals surface area contributed by atoms with Gasteiger partial charge in [-0.1, -0.05) is 6.07 Å². The summed E-state index contributed by atoms with van der Waals surface area (Å²) in [4.78, 5) is 27.6. The third-order valence-electron chi connectivity index (χ3n) is 4.03. The van der Waals surface area contributed by atoms with E-state index >= 15 is 0 Å². The molecule has 0 radical (unpaired) electrons. The lowest BCUT2D eigenvalue weighted by molar-refractivity contribution is 0.0961. The fourth-order valence-corrected chi connectivity index (χ4v) is 2.48. The molecule has 1 aromatic heterocycles. The van der Waals surface area contributed by atoms with Crippen LogP contribution in [0.4, 0.5) is 5.69 Å². The van der Waals surface area contributed by atoms with Crippen molar-refractivity contribution in [2.24, 2.45) is 0 Å². The van der Waals surface area contributed by atoms with Gasteiger partial charge in [0.25, 0.3) is 5.91 Å². The second-order valence-electron chi connectivity index (χ2n) is 5.60. The molecule has 3 rings (SSSR count). The van der Waals surface area contributed by atoms with Crippen LogP contribution in [0.3, 0.4) is 0 Å². The molecule has 0 atom stereocenters. The predicted molar refractivity (Wildman–Crippen MR) is 87.4 cm³/mol. The number of nitrogens with zero attached hydrogens (tertiary/aromatic N) is 1. The molecule has 2 aromatic carbocycles. The van der Waals surface area contributed by atoms with Gasteiger partial charge in [0, 0.05) is 11.3 Å². The van der Waals surface area contributed by atoms with Crippen LogP contribution < -0.4 is 11.4 Å². The van der Waals surface area contributed by atoms with Gasteiger partial charge in [-0.3, -0.25) is 4.79 Å². The number of aromatic nitrogens is 2. The minimum absolute atomic E-state index is 0.344. The normalized spacial score (nSPS) is 11.0. The highest BCUT2D eigenvalue weighted by molar-refractivity contribution is 6.01. The number of nitrogen functional groups attached to an aromatic ring is 1. The Hall–Kier alpha value is -2.82. The highest BCUT2D eigenvalue weighted by Crippen LogP contribution is 2.20. The molecule has 5 nitrogen and oxygen atoms in total. The summed E-state index contributed by atoms with van der Waals surface area (Å²) in [7, 11) is 0. The Labute approximate surface area is 127 Å².